The summed E-state index contributed by atoms with van der Waals surface area (Å²) in [6.45, 7) is 2.33. The first-order chi connectivity index (χ1) is 8.69. The summed E-state index contributed by atoms with van der Waals surface area (Å²) in [5.41, 5.74) is 1.25. The van der Waals surface area contributed by atoms with E-state index < -0.39 is 0 Å². The topological polar surface area (TPSA) is 79.8 Å². The van der Waals surface area contributed by atoms with Gasteiger partial charge in [-0.3, -0.25) is 4.79 Å². The summed E-state index contributed by atoms with van der Waals surface area (Å²) in [6.07, 6.45) is 0. The summed E-state index contributed by atoms with van der Waals surface area (Å²) in [7, 11) is 1.74. The lowest BCUT2D eigenvalue weighted by atomic mass is 10.3. The van der Waals surface area contributed by atoms with E-state index in [0.717, 1.165) is 10.7 Å². The molecule has 6 nitrogen and oxygen atoms in total. The molecule has 0 fully saturated rings. The molecular weight excluding hydrogens is 250 g/mol. The van der Waals surface area contributed by atoms with Crippen molar-refractivity contribution in [1.29, 1.82) is 0 Å². The van der Waals surface area contributed by atoms with Crippen molar-refractivity contribution in [2.24, 2.45) is 0 Å². The Labute approximate surface area is 108 Å². The highest BCUT2D eigenvalue weighted by Gasteiger charge is 2.08. The van der Waals surface area contributed by atoms with Crippen molar-refractivity contribution in [1.82, 2.24) is 20.5 Å². The summed E-state index contributed by atoms with van der Waals surface area (Å²) < 4.78 is 0. The molecule has 0 aromatic carbocycles. The Morgan fingerprint density at radius 1 is 1.39 bits per heavy atom. The molecule has 0 saturated heterocycles. The van der Waals surface area contributed by atoms with Crippen LogP contribution >= 0.6 is 11.3 Å². The van der Waals surface area contributed by atoms with E-state index in [1.54, 1.807) is 19.2 Å². The van der Waals surface area contributed by atoms with Gasteiger partial charge in [0.2, 0.25) is 0 Å². The highest BCUT2D eigenvalue weighted by Crippen LogP contribution is 2.08. The zero-order chi connectivity index (χ0) is 13.0. The summed E-state index contributed by atoms with van der Waals surface area (Å²) >= 11 is 1.52. The number of carbonyl (C=O) groups excluding carboxylic acids is 1. The lowest BCUT2D eigenvalue weighted by molar-refractivity contribution is 0.0945. The minimum atomic E-state index is -0.252. The predicted octanol–water partition coefficient (Wildman–Crippen LogP) is 1.21. The molecule has 0 aliphatic rings. The third kappa shape index (κ3) is 3.01. The number of hydrogen-bond acceptors (Lipinski definition) is 6. The van der Waals surface area contributed by atoms with E-state index in [9.17, 15) is 4.79 Å². The normalized spacial score (nSPS) is 10.1. The second-order valence-corrected chi connectivity index (χ2v) is 4.56. The minimum absolute atomic E-state index is 0.252. The van der Waals surface area contributed by atoms with E-state index in [0.29, 0.717) is 18.1 Å². The number of thiazole rings is 1. The van der Waals surface area contributed by atoms with Gasteiger partial charge in [0.15, 0.2) is 5.69 Å². The van der Waals surface area contributed by atoms with Gasteiger partial charge in [-0.25, -0.2) is 4.98 Å². The van der Waals surface area contributed by atoms with Crippen LogP contribution in [-0.2, 0) is 6.54 Å². The number of nitrogens with zero attached hydrogens (tertiary/aromatic N) is 3. The van der Waals surface area contributed by atoms with Gasteiger partial charge < -0.3 is 10.6 Å². The van der Waals surface area contributed by atoms with E-state index in [-0.39, 0.29) is 5.91 Å². The lowest BCUT2D eigenvalue weighted by Gasteiger charge is -2.02. The van der Waals surface area contributed by atoms with E-state index in [1.807, 2.05) is 12.3 Å². The lowest BCUT2D eigenvalue weighted by Crippen LogP contribution is -2.24. The monoisotopic (exact) mass is 263 g/mol. The molecule has 0 aliphatic heterocycles. The van der Waals surface area contributed by atoms with Crippen LogP contribution in [-0.4, -0.2) is 28.1 Å². The first kappa shape index (κ1) is 12.4. The Balaban J connectivity index is 1.94. The molecule has 0 unspecified atom stereocenters. The average Bonchev–Trinajstić information content (AvgIpc) is 2.82. The first-order valence-corrected chi connectivity index (χ1v) is 6.27. The molecule has 0 aliphatic carbocycles. The summed E-state index contributed by atoms with van der Waals surface area (Å²) in [5, 5.41) is 16.1. The molecule has 0 atom stereocenters. The molecule has 94 valence electrons. The van der Waals surface area contributed by atoms with Crippen molar-refractivity contribution in [2.75, 3.05) is 12.4 Å². The highest BCUT2D eigenvalue weighted by atomic mass is 32.1. The molecule has 0 bridgehead atoms. The van der Waals surface area contributed by atoms with Gasteiger partial charge in [-0.05, 0) is 19.1 Å². The van der Waals surface area contributed by atoms with Crippen molar-refractivity contribution in [3.63, 3.8) is 0 Å². The maximum atomic E-state index is 11.8. The molecule has 2 N–H and O–H groups in total. The molecule has 0 saturated carbocycles. The fraction of sp³-hybridized carbons (Fsp3) is 0.273. The molecule has 2 rings (SSSR count). The van der Waals surface area contributed by atoms with Gasteiger partial charge in [-0.15, -0.1) is 21.5 Å². The minimum Gasteiger partial charge on any atom is -0.372 e. The molecule has 0 spiro atoms. The Kier molecular flexibility index (Phi) is 3.83. The fourth-order valence-corrected chi connectivity index (χ4v) is 2.03. The van der Waals surface area contributed by atoms with Crippen molar-refractivity contribution in [3.05, 3.63) is 33.9 Å². The van der Waals surface area contributed by atoms with E-state index in [4.69, 9.17) is 0 Å². The van der Waals surface area contributed by atoms with Crippen LogP contribution in [0, 0.1) is 6.92 Å². The van der Waals surface area contributed by atoms with Crippen LogP contribution in [0.3, 0.4) is 0 Å². The molecule has 0 radical (unpaired) electrons. The molecule has 1 amide bonds. The number of aromatic nitrogens is 3. The predicted molar refractivity (Wildman–Crippen MR) is 69.6 cm³/mol. The van der Waals surface area contributed by atoms with Crippen LogP contribution in [0.4, 0.5) is 5.82 Å². The summed E-state index contributed by atoms with van der Waals surface area (Å²) in [4.78, 5) is 16.0. The van der Waals surface area contributed by atoms with Crippen LogP contribution in [0.15, 0.2) is 17.5 Å². The van der Waals surface area contributed by atoms with Gasteiger partial charge in [-0.2, -0.15) is 0 Å². The second-order valence-electron chi connectivity index (χ2n) is 3.62. The number of anilines is 1. The van der Waals surface area contributed by atoms with Crippen molar-refractivity contribution in [3.8, 4) is 0 Å². The van der Waals surface area contributed by atoms with Crippen LogP contribution < -0.4 is 10.6 Å². The van der Waals surface area contributed by atoms with Gasteiger partial charge in [0, 0.05) is 18.1 Å². The zero-order valence-corrected chi connectivity index (χ0v) is 10.9. The van der Waals surface area contributed by atoms with Crippen molar-refractivity contribution < 1.29 is 4.79 Å². The van der Waals surface area contributed by atoms with Gasteiger partial charge in [0.25, 0.3) is 5.91 Å². The van der Waals surface area contributed by atoms with Gasteiger partial charge in [-0.1, -0.05) is 0 Å². The Morgan fingerprint density at radius 3 is 2.78 bits per heavy atom. The maximum Gasteiger partial charge on any atom is 0.272 e. The Morgan fingerprint density at radius 2 is 2.22 bits per heavy atom. The molecular formula is C11H13N5OS. The average molecular weight is 263 g/mol. The van der Waals surface area contributed by atoms with Crippen molar-refractivity contribution in [2.45, 2.75) is 13.5 Å². The van der Waals surface area contributed by atoms with Gasteiger partial charge >= 0.3 is 0 Å². The molecule has 2 heterocycles. The van der Waals surface area contributed by atoms with E-state index in [1.165, 1.54) is 11.3 Å². The number of nitrogens with one attached hydrogen (secondary N) is 2. The highest BCUT2D eigenvalue weighted by molar-refractivity contribution is 7.09. The third-order valence-electron chi connectivity index (χ3n) is 2.22. The third-order valence-corrected chi connectivity index (χ3v) is 3.19. The van der Waals surface area contributed by atoms with Crippen LogP contribution in [0.2, 0.25) is 0 Å². The SMILES string of the molecule is CNc1ccc(C(=O)NCc2nc(C)cs2)nn1. The number of hydrogen-bond donors (Lipinski definition) is 2. The van der Waals surface area contributed by atoms with Gasteiger partial charge in [0.1, 0.15) is 10.8 Å². The Bertz CT molecular complexity index is 537. The van der Waals surface area contributed by atoms with E-state index in [2.05, 4.69) is 25.8 Å². The van der Waals surface area contributed by atoms with Gasteiger partial charge in [0.05, 0.1) is 6.54 Å². The number of carbonyl (C=O) groups is 1. The first-order valence-electron chi connectivity index (χ1n) is 5.39. The van der Waals surface area contributed by atoms with Crippen LogP contribution in [0.5, 0.6) is 0 Å². The molecule has 7 heteroatoms. The van der Waals surface area contributed by atoms with Crippen LogP contribution in [0.1, 0.15) is 21.2 Å². The number of rotatable bonds is 4. The zero-order valence-electron chi connectivity index (χ0n) is 10.1. The maximum absolute atomic E-state index is 11.8. The molecule has 2 aromatic heterocycles. The second kappa shape index (κ2) is 5.54. The van der Waals surface area contributed by atoms with Crippen molar-refractivity contribution >= 4 is 23.1 Å². The summed E-state index contributed by atoms with van der Waals surface area (Å²) in [6, 6.07) is 3.33. The Hall–Kier alpha value is -2.02. The largest absolute Gasteiger partial charge is 0.372 e. The summed E-state index contributed by atoms with van der Waals surface area (Å²) in [5.74, 6) is 0.375. The standard InChI is InChI=1S/C11H13N5OS/c1-7-6-18-10(14-7)5-13-11(17)8-3-4-9(12-2)16-15-8/h3-4,6H,5H2,1-2H3,(H,12,16)(H,13,17). The fourth-order valence-electron chi connectivity index (χ4n) is 1.32. The van der Waals surface area contributed by atoms with Crippen LogP contribution in [0.25, 0.3) is 0 Å². The molecule has 18 heavy (non-hydrogen) atoms. The number of aryl methyl sites for hydroxylation is 1. The quantitative estimate of drug-likeness (QED) is 0.866. The van der Waals surface area contributed by atoms with E-state index >= 15 is 0 Å². The smallest absolute Gasteiger partial charge is 0.272 e. The molecule has 2 aromatic rings. The number of amides is 1.